The summed E-state index contributed by atoms with van der Waals surface area (Å²) in [4.78, 5) is 22.9. The van der Waals surface area contributed by atoms with E-state index in [2.05, 4.69) is 5.32 Å². The largest absolute Gasteiger partial charge is 0.398 e. The van der Waals surface area contributed by atoms with Gasteiger partial charge in [0.1, 0.15) is 0 Å². The molecule has 0 aliphatic heterocycles. The molecule has 20 heavy (non-hydrogen) atoms. The number of carbonyl (C=O) groups excluding carboxylic acids is 1. The second-order valence-electron chi connectivity index (χ2n) is 4.59. The van der Waals surface area contributed by atoms with Gasteiger partial charge in [0.25, 0.3) is 0 Å². The van der Waals surface area contributed by atoms with Gasteiger partial charge in [-0.05, 0) is 24.6 Å². The zero-order valence-corrected chi connectivity index (χ0v) is 11.3. The second kappa shape index (κ2) is 6.06. The highest BCUT2D eigenvalue weighted by atomic mass is 16.1. The van der Waals surface area contributed by atoms with Crippen LogP contribution in [0.3, 0.4) is 0 Å². The van der Waals surface area contributed by atoms with E-state index >= 15 is 0 Å². The fourth-order valence-electron chi connectivity index (χ4n) is 1.82. The number of aryl methyl sites for hydroxylation is 1. The van der Waals surface area contributed by atoms with E-state index in [-0.39, 0.29) is 11.3 Å². The molecule has 0 spiro atoms. The lowest BCUT2D eigenvalue weighted by Gasteiger charge is -2.10. The lowest BCUT2D eigenvalue weighted by molar-refractivity contribution is -0.116. The molecule has 0 aliphatic rings. The highest BCUT2D eigenvalue weighted by molar-refractivity contribution is 5.92. The molecule has 5 heteroatoms. The summed E-state index contributed by atoms with van der Waals surface area (Å²) in [6.45, 7) is 2.39. The SMILES string of the molecule is Cc1c(N)cccc1NC(=O)CCn1ccc(=O)cc1. The average molecular weight is 271 g/mol. The maximum Gasteiger partial charge on any atom is 0.226 e. The molecular formula is C15H17N3O2. The topological polar surface area (TPSA) is 77.1 Å². The summed E-state index contributed by atoms with van der Waals surface area (Å²) in [6.07, 6.45) is 3.67. The van der Waals surface area contributed by atoms with Gasteiger partial charge in [0.15, 0.2) is 5.43 Å². The average Bonchev–Trinajstić information content (AvgIpc) is 2.43. The van der Waals surface area contributed by atoms with Crippen LogP contribution >= 0.6 is 0 Å². The number of carbonyl (C=O) groups is 1. The van der Waals surface area contributed by atoms with Crippen LogP contribution in [0.5, 0.6) is 0 Å². The summed E-state index contributed by atoms with van der Waals surface area (Å²) in [5.74, 6) is -0.0857. The van der Waals surface area contributed by atoms with Crippen LogP contribution in [-0.2, 0) is 11.3 Å². The Morgan fingerprint density at radius 1 is 1.25 bits per heavy atom. The first-order valence-electron chi connectivity index (χ1n) is 6.37. The van der Waals surface area contributed by atoms with Crippen molar-refractivity contribution in [2.75, 3.05) is 11.1 Å². The molecule has 0 atom stereocenters. The smallest absolute Gasteiger partial charge is 0.226 e. The lowest BCUT2D eigenvalue weighted by atomic mass is 10.1. The Kier molecular flexibility index (Phi) is 4.20. The fraction of sp³-hybridized carbons (Fsp3) is 0.200. The van der Waals surface area contributed by atoms with Crippen LogP contribution in [0.15, 0.2) is 47.5 Å². The van der Waals surface area contributed by atoms with E-state index in [0.717, 1.165) is 11.3 Å². The van der Waals surface area contributed by atoms with Gasteiger partial charge in [-0.15, -0.1) is 0 Å². The number of nitrogens with zero attached hydrogens (tertiary/aromatic N) is 1. The van der Waals surface area contributed by atoms with E-state index in [0.29, 0.717) is 18.7 Å². The lowest BCUT2D eigenvalue weighted by Crippen LogP contribution is -2.16. The number of hydrogen-bond donors (Lipinski definition) is 2. The number of anilines is 2. The summed E-state index contributed by atoms with van der Waals surface area (Å²) in [6, 6.07) is 8.37. The van der Waals surface area contributed by atoms with Crippen molar-refractivity contribution < 1.29 is 4.79 Å². The van der Waals surface area contributed by atoms with E-state index < -0.39 is 0 Å². The second-order valence-corrected chi connectivity index (χ2v) is 4.59. The molecule has 0 saturated carbocycles. The van der Waals surface area contributed by atoms with E-state index in [4.69, 9.17) is 5.73 Å². The molecule has 104 valence electrons. The minimum Gasteiger partial charge on any atom is -0.398 e. The Morgan fingerprint density at radius 2 is 1.95 bits per heavy atom. The first kappa shape index (κ1) is 13.9. The molecule has 2 aromatic rings. The first-order chi connectivity index (χ1) is 9.56. The normalized spacial score (nSPS) is 10.2. The molecule has 0 radical (unpaired) electrons. The highest BCUT2D eigenvalue weighted by Gasteiger charge is 2.06. The van der Waals surface area contributed by atoms with Crippen molar-refractivity contribution in [3.8, 4) is 0 Å². The van der Waals surface area contributed by atoms with Crippen LogP contribution < -0.4 is 16.5 Å². The van der Waals surface area contributed by atoms with Crippen molar-refractivity contribution in [1.29, 1.82) is 0 Å². The van der Waals surface area contributed by atoms with Gasteiger partial charge in [0.2, 0.25) is 5.91 Å². The number of nitrogens with one attached hydrogen (secondary N) is 1. The van der Waals surface area contributed by atoms with Crippen LogP contribution in [0.25, 0.3) is 0 Å². The monoisotopic (exact) mass is 271 g/mol. The van der Waals surface area contributed by atoms with Gasteiger partial charge in [0.05, 0.1) is 0 Å². The zero-order chi connectivity index (χ0) is 14.5. The quantitative estimate of drug-likeness (QED) is 0.832. The maximum absolute atomic E-state index is 11.9. The predicted octanol–water partition coefficient (Wildman–Crippen LogP) is 1.77. The van der Waals surface area contributed by atoms with Crippen molar-refractivity contribution in [2.24, 2.45) is 0 Å². The van der Waals surface area contributed by atoms with Gasteiger partial charge >= 0.3 is 0 Å². The van der Waals surface area contributed by atoms with Crippen LogP contribution in [0, 0.1) is 6.92 Å². The number of amides is 1. The van der Waals surface area contributed by atoms with Gasteiger partial charge < -0.3 is 15.6 Å². The fourth-order valence-corrected chi connectivity index (χ4v) is 1.82. The minimum absolute atomic E-state index is 0.0407. The predicted molar refractivity (Wildman–Crippen MR) is 79.5 cm³/mol. The first-order valence-corrected chi connectivity index (χ1v) is 6.37. The number of nitrogen functional groups attached to an aromatic ring is 1. The Labute approximate surface area is 117 Å². The number of aromatic nitrogens is 1. The van der Waals surface area contributed by atoms with E-state index in [1.807, 2.05) is 13.0 Å². The molecule has 3 N–H and O–H groups in total. The number of pyridine rings is 1. The molecule has 0 unspecified atom stereocenters. The van der Waals surface area contributed by atoms with Gasteiger partial charge in [-0.3, -0.25) is 9.59 Å². The van der Waals surface area contributed by atoms with Crippen molar-refractivity contribution >= 4 is 17.3 Å². The maximum atomic E-state index is 11.9. The zero-order valence-electron chi connectivity index (χ0n) is 11.3. The summed E-state index contributed by atoms with van der Waals surface area (Å²) < 4.78 is 1.80. The standard InChI is InChI=1S/C15H17N3O2/c1-11-13(16)3-2-4-14(11)17-15(20)7-10-18-8-5-12(19)6-9-18/h2-6,8-9H,7,10,16H2,1H3,(H,17,20). The Hall–Kier alpha value is -2.56. The van der Waals surface area contributed by atoms with E-state index in [1.165, 1.54) is 12.1 Å². The van der Waals surface area contributed by atoms with Crippen molar-refractivity contribution in [3.63, 3.8) is 0 Å². The van der Waals surface area contributed by atoms with Gasteiger partial charge in [0, 0.05) is 48.9 Å². The summed E-state index contributed by atoms with van der Waals surface area (Å²) in [5, 5.41) is 2.84. The van der Waals surface area contributed by atoms with Crippen LogP contribution in [0.2, 0.25) is 0 Å². The third-order valence-corrected chi connectivity index (χ3v) is 3.11. The summed E-state index contributed by atoms with van der Waals surface area (Å²) in [5.41, 5.74) is 8.00. The molecule has 2 rings (SSSR count). The third-order valence-electron chi connectivity index (χ3n) is 3.11. The minimum atomic E-state index is -0.0857. The molecule has 1 heterocycles. The van der Waals surface area contributed by atoms with Crippen molar-refractivity contribution in [1.82, 2.24) is 4.57 Å². The number of rotatable bonds is 4. The third kappa shape index (κ3) is 3.47. The van der Waals surface area contributed by atoms with E-state index in [9.17, 15) is 9.59 Å². The molecule has 5 nitrogen and oxygen atoms in total. The van der Waals surface area contributed by atoms with Gasteiger partial charge in [-0.2, -0.15) is 0 Å². The summed E-state index contributed by atoms with van der Waals surface area (Å²) in [7, 11) is 0. The Bertz CT molecular complexity index is 657. The highest BCUT2D eigenvalue weighted by Crippen LogP contribution is 2.20. The molecular weight excluding hydrogens is 254 g/mol. The number of hydrogen-bond acceptors (Lipinski definition) is 3. The molecule has 1 aromatic carbocycles. The van der Waals surface area contributed by atoms with Crippen molar-refractivity contribution in [2.45, 2.75) is 19.9 Å². The molecule has 0 bridgehead atoms. The molecule has 1 amide bonds. The summed E-state index contributed by atoms with van der Waals surface area (Å²) >= 11 is 0. The molecule has 1 aromatic heterocycles. The van der Waals surface area contributed by atoms with Crippen LogP contribution in [0.4, 0.5) is 11.4 Å². The Morgan fingerprint density at radius 3 is 2.65 bits per heavy atom. The number of nitrogens with two attached hydrogens (primary N) is 1. The number of benzene rings is 1. The molecule has 0 fully saturated rings. The van der Waals surface area contributed by atoms with Gasteiger partial charge in [-0.25, -0.2) is 0 Å². The van der Waals surface area contributed by atoms with Gasteiger partial charge in [-0.1, -0.05) is 6.07 Å². The van der Waals surface area contributed by atoms with E-state index in [1.54, 1.807) is 29.1 Å². The Balaban J connectivity index is 1.94. The molecule has 0 saturated heterocycles. The van der Waals surface area contributed by atoms with Crippen molar-refractivity contribution in [3.05, 3.63) is 58.5 Å². The van der Waals surface area contributed by atoms with Crippen LogP contribution in [-0.4, -0.2) is 10.5 Å². The molecule has 0 aliphatic carbocycles. The van der Waals surface area contributed by atoms with Crippen LogP contribution in [0.1, 0.15) is 12.0 Å².